The summed E-state index contributed by atoms with van der Waals surface area (Å²) in [5.74, 6) is -0.164. The second-order valence-corrected chi connectivity index (χ2v) is 8.14. The number of thiophene rings is 1. The summed E-state index contributed by atoms with van der Waals surface area (Å²) in [6.07, 6.45) is -0.222. The van der Waals surface area contributed by atoms with Crippen LogP contribution in [0.4, 0.5) is 0 Å². The van der Waals surface area contributed by atoms with Crippen molar-refractivity contribution in [3.8, 4) is 0 Å². The minimum absolute atomic E-state index is 0.0983. The van der Waals surface area contributed by atoms with E-state index < -0.39 is 6.23 Å². The molecule has 136 valence electrons. The number of aromatic amines is 1. The first kappa shape index (κ1) is 17.5. The maximum atomic E-state index is 12.7. The molecule has 6 nitrogen and oxygen atoms in total. The van der Waals surface area contributed by atoms with Crippen molar-refractivity contribution in [2.75, 3.05) is 6.54 Å². The van der Waals surface area contributed by atoms with E-state index in [2.05, 4.69) is 21.7 Å². The van der Waals surface area contributed by atoms with Gasteiger partial charge in [-0.25, -0.2) is 0 Å². The fraction of sp³-hybridized carbons (Fsp3) is 0.278. The van der Waals surface area contributed by atoms with Crippen LogP contribution in [0, 0.1) is 0 Å². The Morgan fingerprint density at radius 1 is 1.42 bits per heavy atom. The van der Waals surface area contributed by atoms with Crippen LogP contribution >= 0.6 is 22.9 Å². The van der Waals surface area contributed by atoms with Crippen LogP contribution in [0.2, 0.25) is 4.34 Å². The zero-order valence-electron chi connectivity index (χ0n) is 13.8. The van der Waals surface area contributed by atoms with Gasteiger partial charge >= 0.3 is 0 Å². The zero-order chi connectivity index (χ0) is 18.3. The predicted octanol–water partition coefficient (Wildman–Crippen LogP) is 2.15. The molecule has 2 aromatic heterocycles. The molecule has 8 heteroatoms. The van der Waals surface area contributed by atoms with E-state index in [9.17, 15) is 9.90 Å². The third-order valence-electron chi connectivity index (χ3n) is 4.62. The Morgan fingerprint density at radius 2 is 2.23 bits per heavy atom. The summed E-state index contributed by atoms with van der Waals surface area (Å²) in [5, 5.41) is 16.7. The van der Waals surface area contributed by atoms with E-state index >= 15 is 0 Å². The molecule has 0 radical (unpaired) electrons. The van der Waals surface area contributed by atoms with Gasteiger partial charge in [-0.3, -0.25) is 4.79 Å². The topological polar surface area (TPSA) is 103 Å². The Bertz CT molecular complexity index is 920. The molecule has 1 amide bonds. The summed E-state index contributed by atoms with van der Waals surface area (Å²) in [5.41, 5.74) is 8.28. The Balaban J connectivity index is 1.53. The predicted molar refractivity (Wildman–Crippen MR) is 104 cm³/mol. The highest BCUT2D eigenvalue weighted by molar-refractivity contribution is 7.22. The highest BCUT2D eigenvalue weighted by Gasteiger charge is 2.33. The molecule has 1 aliphatic carbocycles. The number of H-pyrrole nitrogens is 1. The molecule has 0 fully saturated rings. The Kier molecular flexibility index (Phi) is 4.73. The fourth-order valence-electron chi connectivity index (χ4n) is 3.49. The van der Waals surface area contributed by atoms with E-state index in [1.54, 1.807) is 6.07 Å². The normalized spacial score (nSPS) is 20.3. The van der Waals surface area contributed by atoms with Gasteiger partial charge in [-0.2, -0.15) is 0 Å². The van der Waals surface area contributed by atoms with Crippen molar-refractivity contribution in [1.82, 2.24) is 15.6 Å². The Morgan fingerprint density at radius 3 is 3.00 bits per heavy atom. The van der Waals surface area contributed by atoms with Crippen LogP contribution in [0.5, 0.6) is 0 Å². The largest absolute Gasteiger partial charge is 0.377 e. The SMILES string of the molecule is NC(O)CN[C@@H]1c2ccccc2CC1NC(=O)c1cc2cc(Cl)sc2[nH]1. The summed E-state index contributed by atoms with van der Waals surface area (Å²) in [7, 11) is 0. The van der Waals surface area contributed by atoms with Crippen LogP contribution in [-0.4, -0.2) is 34.8 Å². The summed E-state index contributed by atoms with van der Waals surface area (Å²) < 4.78 is 0.689. The number of carbonyl (C=O) groups is 1. The Labute approximate surface area is 159 Å². The van der Waals surface area contributed by atoms with Crippen molar-refractivity contribution in [3.05, 3.63) is 57.6 Å². The molecule has 6 N–H and O–H groups in total. The molecule has 3 atom stereocenters. The van der Waals surface area contributed by atoms with Crippen molar-refractivity contribution < 1.29 is 9.90 Å². The minimum Gasteiger partial charge on any atom is -0.377 e. The lowest BCUT2D eigenvalue weighted by molar-refractivity contribution is 0.0924. The molecule has 0 saturated carbocycles. The van der Waals surface area contributed by atoms with E-state index in [1.165, 1.54) is 16.9 Å². The van der Waals surface area contributed by atoms with Crippen molar-refractivity contribution in [3.63, 3.8) is 0 Å². The van der Waals surface area contributed by atoms with Crippen LogP contribution < -0.4 is 16.4 Å². The number of hydrogen-bond acceptors (Lipinski definition) is 5. The minimum atomic E-state index is -0.945. The van der Waals surface area contributed by atoms with Crippen molar-refractivity contribution in [2.45, 2.75) is 24.7 Å². The number of rotatable bonds is 5. The Hall–Kier alpha value is -1.90. The number of hydrogen-bond donors (Lipinski definition) is 5. The molecule has 0 bridgehead atoms. The molecular formula is C18H19ClN4O2S. The number of aliphatic hydroxyl groups excluding tert-OH is 1. The second-order valence-electron chi connectivity index (χ2n) is 6.45. The van der Waals surface area contributed by atoms with Gasteiger partial charge in [0.1, 0.15) is 16.8 Å². The smallest absolute Gasteiger partial charge is 0.268 e. The molecule has 0 aliphatic heterocycles. The third kappa shape index (κ3) is 3.36. The summed E-state index contributed by atoms with van der Waals surface area (Å²) >= 11 is 7.39. The van der Waals surface area contributed by atoms with Crippen molar-refractivity contribution >= 4 is 39.1 Å². The van der Waals surface area contributed by atoms with Gasteiger partial charge in [0.25, 0.3) is 5.91 Å². The summed E-state index contributed by atoms with van der Waals surface area (Å²) in [6.45, 7) is 0.252. The quantitative estimate of drug-likeness (QED) is 0.430. The van der Waals surface area contributed by atoms with Gasteiger partial charge in [0.05, 0.1) is 16.4 Å². The molecule has 1 aliphatic rings. The van der Waals surface area contributed by atoms with Gasteiger partial charge in [-0.05, 0) is 29.7 Å². The zero-order valence-corrected chi connectivity index (χ0v) is 15.4. The van der Waals surface area contributed by atoms with Gasteiger partial charge in [0.2, 0.25) is 0 Å². The molecule has 1 aromatic carbocycles. The van der Waals surface area contributed by atoms with Crippen molar-refractivity contribution in [1.29, 1.82) is 0 Å². The van der Waals surface area contributed by atoms with Gasteiger partial charge in [-0.15, -0.1) is 11.3 Å². The number of nitrogens with one attached hydrogen (secondary N) is 3. The summed E-state index contributed by atoms with van der Waals surface area (Å²) in [4.78, 5) is 16.7. The lowest BCUT2D eigenvalue weighted by Crippen LogP contribution is -2.45. The average molecular weight is 391 g/mol. The fourth-order valence-corrected chi connectivity index (χ4v) is 4.62. The first-order valence-electron chi connectivity index (χ1n) is 8.35. The highest BCUT2D eigenvalue weighted by Crippen LogP contribution is 2.32. The summed E-state index contributed by atoms with van der Waals surface area (Å²) in [6, 6.07) is 11.5. The van der Waals surface area contributed by atoms with Gasteiger partial charge in [-0.1, -0.05) is 35.9 Å². The maximum Gasteiger partial charge on any atom is 0.268 e. The molecule has 2 unspecified atom stereocenters. The number of benzene rings is 1. The van der Waals surface area contributed by atoms with Crippen LogP contribution in [0.15, 0.2) is 36.4 Å². The van der Waals surface area contributed by atoms with Crippen LogP contribution in [0.1, 0.15) is 27.7 Å². The van der Waals surface area contributed by atoms with Crippen molar-refractivity contribution in [2.24, 2.45) is 5.73 Å². The first-order valence-corrected chi connectivity index (χ1v) is 9.54. The molecule has 26 heavy (non-hydrogen) atoms. The molecule has 3 aromatic rings. The molecule has 4 rings (SSSR count). The van der Waals surface area contributed by atoms with E-state index in [1.807, 2.05) is 24.3 Å². The average Bonchev–Trinajstić information content (AvgIpc) is 3.23. The first-order chi connectivity index (χ1) is 12.5. The van der Waals surface area contributed by atoms with Gasteiger partial charge in [0, 0.05) is 11.9 Å². The number of fused-ring (bicyclic) bond motifs is 2. The lowest BCUT2D eigenvalue weighted by atomic mass is 10.1. The monoisotopic (exact) mass is 390 g/mol. The number of nitrogens with two attached hydrogens (primary N) is 1. The van der Waals surface area contributed by atoms with Crippen LogP contribution in [0.25, 0.3) is 10.2 Å². The lowest BCUT2D eigenvalue weighted by Gasteiger charge is -2.23. The maximum absolute atomic E-state index is 12.7. The molecule has 0 saturated heterocycles. The van der Waals surface area contributed by atoms with Crippen LogP contribution in [0.3, 0.4) is 0 Å². The number of amides is 1. The number of aromatic nitrogens is 1. The second kappa shape index (κ2) is 7.02. The van der Waals surface area contributed by atoms with E-state index in [0.29, 0.717) is 10.0 Å². The number of aliphatic hydroxyl groups is 1. The van der Waals surface area contributed by atoms with Gasteiger partial charge < -0.3 is 26.5 Å². The van der Waals surface area contributed by atoms with Crippen LogP contribution in [-0.2, 0) is 6.42 Å². The third-order valence-corrected chi connectivity index (χ3v) is 5.81. The van der Waals surface area contributed by atoms with Gasteiger partial charge in [0.15, 0.2) is 0 Å². The molecular weight excluding hydrogens is 372 g/mol. The number of halogens is 1. The van der Waals surface area contributed by atoms with E-state index in [-0.39, 0.29) is 24.5 Å². The number of carbonyl (C=O) groups excluding carboxylic acids is 1. The standard InChI is InChI=1S/C18H19ClN4O2S/c19-14-7-10-6-13(23-18(10)26-14)17(25)22-12-5-9-3-1-2-4-11(9)16(12)21-8-15(20)24/h1-4,6-7,12,15-16,21,23-24H,5,8,20H2,(H,22,25)/t12?,15?,16-/m1/s1. The highest BCUT2D eigenvalue weighted by atomic mass is 35.5. The molecule has 2 heterocycles. The van der Waals surface area contributed by atoms with E-state index in [0.717, 1.165) is 22.2 Å². The molecule has 0 spiro atoms. The van der Waals surface area contributed by atoms with E-state index in [4.69, 9.17) is 17.3 Å².